The van der Waals surface area contributed by atoms with Gasteiger partial charge in [-0.25, -0.2) is 0 Å². The lowest BCUT2D eigenvalue weighted by Gasteiger charge is -2.41. The Morgan fingerprint density at radius 1 is 1.00 bits per heavy atom. The summed E-state index contributed by atoms with van der Waals surface area (Å²) < 4.78 is 0. The summed E-state index contributed by atoms with van der Waals surface area (Å²) in [5.74, 6) is 0.227. The number of likely N-dealkylation sites (tertiary alicyclic amines) is 1. The van der Waals surface area contributed by atoms with Crippen molar-refractivity contribution < 1.29 is 9.90 Å². The van der Waals surface area contributed by atoms with Crippen molar-refractivity contribution >= 4 is 22.4 Å². The molecule has 2 aromatic rings. The Labute approximate surface area is 179 Å². The van der Waals surface area contributed by atoms with Crippen molar-refractivity contribution in [1.29, 1.82) is 0 Å². The van der Waals surface area contributed by atoms with Gasteiger partial charge >= 0.3 is 0 Å². The number of nitrogens with zero attached hydrogens (tertiary/aromatic N) is 3. The van der Waals surface area contributed by atoms with Crippen molar-refractivity contribution in [2.75, 3.05) is 44.2 Å². The van der Waals surface area contributed by atoms with Crippen LogP contribution in [0.15, 0.2) is 42.5 Å². The summed E-state index contributed by atoms with van der Waals surface area (Å²) in [6, 6.07) is 14.7. The fourth-order valence-corrected chi connectivity index (χ4v) is 5.37. The monoisotopic (exact) mass is 407 g/mol. The maximum Gasteiger partial charge on any atom is 0.245 e. The molecule has 5 nitrogen and oxygen atoms in total. The molecule has 1 saturated carbocycles. The molecule has 2 heterocycles. The standard InChI is InChI=1S/C25H33N3O2/c1-19-24(30)27(13-4-12-26-14-11-25(9-10-25)23(29)18-26)15-16-28(19)22-8-7-20-5-2-3-6-21(20)17-22/h2-3,5-8,17,19,23,29H,4,9-16,18H2,1H3/t19-,23+/m0/s1. The molecule has 0 aromatic heterocycles. The van der Waals surface area contributed by atoms with Crippen LogP contribution in [0.25, 0.3) is 10.8 Å². The Kier molecular flexibility index (Phi) is 5.19. The maximum absolute atomic E-state index is 13.0. The molecule has 5 rings (SSSR count). The molecule has 30 heavy (non-hydrogen) atoms. The van der Waals surface area contributed by atoms with E-state index in [2.05, 4.69) is 52.3 Å². The number of anilines is 1. The number of carbonyl (C=O) groups excluding carboxylic acids is 1. The van der Waals surface area contributed by atoms with E-state index in [9.17, 15) is 9.90 Å². The molecule has 0 radical (unpaired) electrons. The van der Waals surface area contributed by atoms with Gasteiger partial charge in [-0.2, -0.15) is 0 Å². The van der Waals surface area contributed by atoms with Crippen LogP contribution < -0.4 is 4.90 Å². The molecular formula is C25H33N3O2. The van der Waals surface area contributed by atoms with Crippen molar-refractivity contribution in [3.8, 4) is 0 Å². The molecule has 160 valence electrons. The fraction of sp³-hybridized carbons (Fsp3) is 0.560. The Hall–Kier alpha value is -2.11. The molecule has 1 aliphatic carbocycles. The number of fused-ring (bicyclic) bond motifs is 1. The van der Waals surface area contributed by atoms with Crippen LogP contribution in [0.1, 0.15) is 32.6 Å². The predicted molar refractivity (Wildman–Crippen MR) is 121 cm³/mol. The summed E-state index contributed by atoms with van der Waals surface area (Å²) >= 11 is 0. The normalized spacial score (nSPS) is 26.5. The van der Waals surface area contributed by atoms with E-state index < -0.39 is 0 Å². The first-order valence-electron chi connectivity index (χ1n) is 11.5. The van der Waals surface area contributed by atoms with Crippen molar-refractivity contribution in [1.82, 2.24) is 9.80 Å². The van der Waals surface area contributed by atoms with Gasteiger partial charge in [0.15, 0.2) is 0 Å². The third-order valence-electron chi connectivity index (χ3n) is 7.67. The number of hydrogen-bond acceptors (Lipinski definition) is 4. The van der Waals surface area contributed by atoms with Crippen molar-refractivity contribution in [2.45, 2.75) is 44.8 Å². The zero-order chi connectivity index (χ0) is 20.7. The highest BCUT2D eigenvalue weighted by Gasteiger charge is 2.51. The minimum atomic E-state index is -0.154. The fourth-order valence-electron chi connectivity index (χ4n) is 5.37. The van der Waals surface area contributed by atoms with Crippen LogP contribution in [0.4, 0.5) is 5.69 Å². The summed E-state index contributed by atoms with van der Waals surface area (Å²) in [4.78, 5) is 19.7. The van der Waals surface area contributed by atoms with Gasteiger partial charge in [0.1, 0.15) is 6.04 Å². The number of piperidine rings is 1. The van der Waals surface area contributed by atoms with Gasteiger partial charge < -0.3 is 19.8 Å². The number of carbonyl (C=O) groups is 1. The first-order valence-corrected chi connectivity index (χ1v) is 11.5. The number of hydrogen-bond donors (Lipinski definition) is 1. The Balaban J connectivity index is 1.15. The van der Waals surface area contributed by atoms with Crippen LogP contribution in [0.2, 0.25) is 0 Å². The highest BCUT2D eigenvalue weighted by Crippen LogP contribution is 2.53. The van der Waals surface area contributed by atoms with Crippen molar-refractivity contribution in [3.63, 3.8) is 0 Å². The maximum atomic E-state index is 13.0. The highest BCUT2D eigenvalue weighted by molar-refractivity contribution is 5.89. The average molecular weight is 408 g/mol. The first-order chi connectivity index (χ1) is 14.6. The molecule has 2 aromatic carbocycles. The molecule has 2 atom stereocenters. The predicted octanol–water partition coefficient (Wildman–Crippen LogP) is 3.11. The summed E-state index contributed by atoms with van der Waals surface area (Å²) in [7, 11) is 0. The zero-order valence-electron chi connectivity index (χ0n) is 18.0. The van der Waals surface area contributed by atoms with E-state index in [0.29, 0.717) is 0 Å². The van der Waals surface area contributed by atoms with Gasteiger partial charge in [-0.15, -0.1) is 0 Å². The van der Waals surface area contributed by atoms with Crippen LogP contribution >= 0.6 is 0 Å². The molecule has 1 N–H and O–H groups in total. The second-order valence-corrected chi connectivity index (χ2v) is 9.51. The van der Waals surface area contributed by atoms with Crippen LogP contribution in [0.3, 0.4) is 0 Å². The smallest absolute Gasteiger partial charge is 0.245 e. The Bertz CT molecular complexity index is 926. The molecule has 1 amide bonds. The SMILES string of the molecule is C[C@H]1C(=O)N(CCCN2CCC3(CC3)[C@H](O)C2)CCN1c1ccc2ccccc2c1. The van der Waals surface area contributed by atoms with E-state index in [-0.39, 0.29) is 23.5 Å². The minimum absolute atomic E-state index is 0.133. The quantitative estimate of drug-likeness (QED) is 0.827. The lowest BCUT2D eigenvalue weighted by Crippen LogP contribution is -2.56. The van der Waals surface area contributed by atoms with Gasteiger partial charge in [-0.05, 0) is 74.0 Å². The van der Waals surface area contributed by atoms with Gasteiger partial charge in [0.2, 0.25) is 5.91 Å². The number of rotatable bonds is 5. The van der Waals surface area contributed by atoms with Crippen LogP contribution in [0.5, 0.6) is 0 Å². The Morgan fingerprint density at radius 2 is 1.80 bits per heavy atom. The lowest BCUT2D eigenvalue weighted by atomic mass is 9.90. The topological polar surface area (TPSA) is 47.0 Å². The van der Waals surface area contributed by atoms with E-state index in [1.165, 1.54) is 23.6 Å². The van der Waals surface area contributed by atoms with E-state index in [1.54, 1.807) is 0 Å². The van der Waals surface area contributed by atoms with Gasteiger partial charge in [-0.3, -0.25) is 4.79 Å². The van der Waals surface area contributed by atoms with Gasteiger partial charge in [0.05, 0.1) is 6.10 Å². The Morgan fingerprint density at radius 3 is 2.57 bits per heavy atom. The molecule has 3 aliphatic rings. The summed E-state index contributed by atoms with van der Waals surface area (Å²) in [5.41, 5.74) is 1.39. The first kappa shape index (κ1) is 19.8. The number of aliphatic hydroxyl groups is 1. The summed E-state index contributed by atoms with van der Waals surface area (Å²) in [6.45, 7) is 7.36. The van der Waals surface area contributed by atoms with Crippen LogP contribution in [-0.2, 0) is 4.79 Å². The van der Waals surface area contributed by atoms with Crippen LogP contribution in [-0.4, -0.2) is 72.2 Å². The third-order valence-corrected chi connectivity index (χ3v) is 7.67. The van der Waals surface area contributed by atoms with Crippen molar-refractivity contribution in [3.05, 3.63) is 42.5 Å². The molecule has 3 fully saturated rings. The van der Waals surface area contributed by atoms with E-state index >= 15 is 0 Å². The number of amides is 1. The van der Waals surface area contributed by atoms with E-state index in [0.717, 1.165) is 57.8 Å². The van der Waals surface area contributed by atoms with Gasteiger partial charge in [0, 0.05) is 31.9 Å². The van der Waals surface area contributed by atoms with E-state index in [4.69, 9.17) is 0 Å². The number of aliphatic hydroxyl groups excluding tert-OH is 1. The second kappa shape index (κ2) is 7.86. The highest BCUT2D eigenvalue weighted by atomic mass is 16.3. The third kappa shape index (κ3) is 3.69. The molecule has 0 bridgehead atoms. The summed E-state index contributed by atoms with van der Waals surface area (Å²) in [5, 5.41) is 12.8. The lowest BCUT2D eigenvalue weighted by molar-refractivity contribution is -0.134. The second-order valence-electron chi connectivity index (χ2n) is 9.51. The summed E-state index contributed by atoms with van der Waals surface area (Å²) in [6.07, 6.45) is 4.37. The largest absolute Gasteiger partial charge is 0.391 e. The zero-order valence-corrected chi connectivity index (χ0v) is 18.0. The van der Waals surface area contributed by atoms with Gasteiger partial charge in [0.25, 0.3) is 0 Å². The molecule has 0 unspecified atom stereocenters. The van der Waals surface area contributed by atoms with Crippen LogP contribution in [0, 0.1) is 5.41 Å². The minimum Gasteiger partial charge on any atom is -0.391 e. The van der Waals surface area contributed by atoms with Gasteiger partial charge in [-0.1, -0.05) is 30.3 Å². The molecule has 5 heteroatoms. The van der Waals surface area contributed by atoms with Crippen molar-refractivity contribution in [2.24, 2.45) is 5.41 Å². The molecule has 2 aliphatic heterocycles. The van der Waals surface area contributed by atoms with E-state index in [1.807, 2.05) is 11.8 Å². The average Bonchev–Trinajstić information content (AvgIpc) is 3.54. The molecule has 2 saturated heterocycles. The number of β-amino-alcohol motifs (C(OH)–C–C–N with tert-alkyl or cyclic N) is 1. The number of piperazine rings is 1. The molecular weight excluding hydrogens is 374 g/mol. The number of benzene rings is 2. The molecule has 1 spiro atoms.